The van der Waals surface area contributed by atoms with Crippen LogP contribution in [0.1, 0.15) is 30.6 Å². The smallest absolute Gasteiger partial charge is 0.226 e. The molecule has 0 fully saturated rings. The van der Waals surface area contributed by atoms with Gasteiger partial charge in [-0.25, -0.2) is 0 Å². The first-order valence-corrected chi connectivity index (χ1v) is 5.79. The van der Waals surface area contributed by atoms with E-state index in [1.54, 1.807) is 13.8 Å². The first kappa shape index (κ1) is 13.2. The molecule has 19 heavy (non-hydrogen) atoms. The predicted octanol–water partition coefficient (Wildman–Crippen LogP) is 0.943. The van der Waals surface area contributed by atoms with Gasteiger partial charge < -0.3 is 20.7 Å². The molecule has 0 spiro atoms. The molecule has 0 bridgehead atoms. The highest BCUT2D eigenvalue weighted by Gasteiger charge is 2.42. The van der Waals surface area contributed by atoms with E-state index in [4.69, 9.17) is 10.5 Å². The molecule has 0 saturated heterocycles. The summed E-state index contributed by atoms with van der Waals surface area (Å²) in [5.74, 6) is -1.43. The highest BCUT2D eigenvalue weighted by atomic mass is 16.5. The van der Waals surface area contributed by atoms with Gasteiger partial charge in [-0.2, -0.15) is 0 Å². The monoisotopic (exact) mass is 265 g/mol. The van der Waals surface area contributed by atoms with Crippen molar-refractivity contribution in [2.75, 3.05) is 0 Å². The van der Waals surface area contributed by atoms with Crippen molar-refractivity contribution < 1.29 is 24.5 Å². The van der Waals surface area contributed by atoms with Crippen molar-refractivity contribution in [2.45, 2.75) is 26.4 Å². The first-order chi connectivity index (χ1) is 8.73. The van der Waals surface area contributed by atoms with E-state index in [1.807, 2.05) is 0 Å². The maximum Gasteiger partial charge on any atom is 0.226 e. The maximum atomic E-state index is 12.0. The van der Waals surface area contributed by atoms with Gasteiger partial charge in [0.2, 0.25) is 5.91 Å². The van der Waals surface area contributed by atoms with Crippen molar-refractivity contribution in [1.82, 2.24) is 0 Å². The average Bonchev–Trinajstić information content (AvgIpc) is 2.26. The molecule has 0 saturated carbocycles. The third-order valence-corrected chi connectivity index (χ3v) is 3.42. The number of Topliss-reactive ketones (excluding diaryl/α,β-unsaturated/α-hetero) is 1. The third-order valence-electron chi connectivity index (χ3n) is 3.42. The summed E-state index contributed by atoms with van der Waals surface area (Å²) in [6.45, 7) is 3.17. The number of nitrogens with two attached hydrogens (primary N) is 1. The van der Waals surface area contributed by atoms with E-state index in [0.717, 1.165) is 6.07 Å². The Morgan fingerprint density at radius 1 is 1.42 bits per heavy atom. The number of phenolic OH excluding ortho intramolecular Hbond substituents is 2. The molecule has 6 heteroatoms. The van der Waals surface area contributed by atoms with Gasteiger partial charge >= 0.3 is 0 Å². The highest BCUT2D eigenvalue weighted by molar-refractivity contribution is 6.03. The Bertz CT molecular complexity index is 564. The molecule has 1 heterocycles. The summed E-state index contributed by atoms with van der Waals surface area (Å²) < 4.78 is 5.55. The number of phenols is 2. The van der Waals surface area contributed by atoms with Crippen molar-refractivity contribution in [3.05, 3.63) is 17.7 Å². The first-order valence-electron chi connectivity index (χ1n) is 5.79. The number of primary amides is 1. The molecule has 2 rings (SSSR count). The zero-order chi connectivity index (χ0) is 14.4. The summed E-state index contributed by atoms with van der Waals surface area (Å²) in [4.78, 5) is 23.4. The number of fused-ring (bicyclic) bond motifs is 1. The third kappa shape index (κ3) is 2.09. The molecule has 0 aromatic heterocycles. The predicted molar refractivity (Wildman–Crippen MR) is 66.1 cm³/mol. The minimum Gasteiger partial charge on any atom is -0.508 e. The van der Waals surface area contributed by atoms with Gasteiger partial charge in [-0.1, -0.05) is 0 Å². The van der Waals surface area contributed by atoms with Crippen LogP contribution in [-0.2, 0) is 4.79 Å². The largest absolute Gasteiger partial charge is 0.508 e. The average molecular weight is 265 g/mol. The van der Waals surface area contributed by atoms with Crippen LogP contribution in [0.3, 0.4) is 0 Å². The van der Waals surface area contributed by atoms with Crippen LogP contribution in [0.15, 0.2) is 12.1 Å². The molecule has 1 aliphatic rings. The summed E-state index contributed by atoms with van der Waals surface area (Å²) in [6, 6.07) is 2.30. The van der Waals surface area contributed by atoms with E-state index in [9.17, 15) is 19.8 Å². The normalized spacial score (nSPS) is 18.6. The van der Waals surface area contributed by atoms with Gasteiger partial charge in [-0.05, 0) is 13.8 Å². The van der Waals surface area contributed by atoms with Gasteiger partial charge in [0, 0.05) is 18.6 Å². The summed E-state index contributed by atoms with van der Waals surface area (Å²) in [5, 5.41) is 19.1. The van der Waals surface area contributed by atoms with Gasteiger partial charge in [-0.15, -0.1) is 0 Å². The van der Waals surface area contributed by atoms with Crippen molar-refractivity contribution in [2.24, 2.45) is 11.1 Å². The number of ketones is 1. The molecule has 0 radical (unpaired) electrons. The quantitative estimate of drug-likeness (QED) is 0.737. The van der Waals surface area contributed by atoms with E-state index in [0.29, 0.717) is 0 Å². The SMILES string of the molecule is CC(C)(C(N)=O)C1CC(=O)c2c(O)cc(O)cc2O1. The fourth-order valence-electron chi connectivity index (χ4n) is 1.99. The summed E-state index contributed by atoms with van der Waals surface area (Å²) in [7, 11) is 0. The van der Waals surface area contributed by atoms with E-state index in [2.05, 4.69) is 0 Å². The van der Waals surface area contributed by atoms with Crippen LogP contribution in [0.2, 0.25) is 0 Å². The summed E-state index contributed by atoms with van der Waals surface area (Å²) in [5.41, 5.74) is 4.29. The fraction of sp³-hybridized carbons (Fsp3) is 0.385. The van der Waals surface area contributed by atoms with Crippen LogP contribution in [0.4, 0.5) is 0 Å². The minimum atomic E-state index is -1.03. The number of amides is 1. The second kappa shape index (κ2) is 4.15. The van der Waals surface area contributed by atoms with Crippen molar-refractivity contribution in [3.63, 3.8) is 0 Å². The standard InChI is InChI=1S/C13H15NO5/c1-13(2,12(14)18)10-5-8(17)11-7(16)3-6(15)4-9(11)19-10/h3-4,10,15-16H,5H2,1-2H3,(H2,14,18). The van der Waals surface area contributed by atoms with E-state index in [-0.39, 0.29) is 35.0 Å². The van der Waals surface area contributed by atoms with E-state index >= 15 is 0 Å². The molecule has 1 aromatic carbocycles. The molecule has 6 nitrogen and oxygen atoms in total. The lowest BCUT2D eigenvalue weighted by Crippen LogP contribution is -2.47. The minimum absolute atomic E-state index is 0.0225. The van der Waals surface area contributed by atoms with E-state index < -0.39 is 17.4 Å². The fourth-order valence-corrected chi connectivity index (χ4v) is 1.99. The van der Waals surface area contributed by atoms with Crippen LogP contribution >= 0.6 is 0 Å². The Labute approximate surface area is 109 Å². The number of carbonyl (C=O) groups is 2. The van der Waals surface area contributed by atoms with Gasteiger partial charge in [0.15, 0.2) is 5.78 Å². The number of carbonyl (C=O) groups excluding carboxylic acids is 2. The molecular weight excluding hydrogens is 250 g/mol. The Morgan fingerprint density at radius 3 is 2.63 bits per heavy atom. The molecule has 1 atom stereocenters. The Morgan fingerprint density at radius 2 is 2.05 bits per heavy atom. The molecule has 1 aliphatic heterocycles. The molecule has 1 unspecified atom stereocenters. The molecule has 102 valence electrons. The highest BCUT2D eigenvalue weighted by Crippen LogP contribution is 2.41. The van der Waals surface area contributed by atoms with Crippen LogP contribution in [-0.4, -0.2) is 28.0 Å². The van der Waals surface area contributed by atoms with Gasteiger partial charge in [0.25, 0.3) is 0 Å². The zero-order valence-corrected chi connectivity index (χ0v) is 10.6. The topological polar surface area (TPSA) is 110 Å². The van der Waals surface area contributed by atoms with Gasteiger partial charge in [0.05, 0.1) is 5.41 Å². The second-order valence-corrected chi connectivity index (χ2v) is 5.16. The van der Waals surface area contributed by atoms with Gasteiger partial charge in [0.1, 0.15) is 28.9 Å². The van der Waals surface area contributed by atoms with E-state index in [1.165, 1.54) is 6.07 Å². The van der Waals surface area contributed by atoms with Crippen LogP contribution in [0, 0.1) is 5.41 Å². The number of hydrogen-bond acceptors (Lipinski definition) is 5. The lowest BCUT2D eigenvalue weighted by molar-refractivity contribution is -0.130. The number of aromatic hydroxyl groups is 2. The molecule has 0 aliphatic carbocycles. The van der Waals surface area contributed by atoms with Crippen molar-refractivity contribution in [1.29, 1.82) is 0 Å². The maximum absolute atomic E-state index is 12.0. The summed E-state index contributed by atoms with van der Waals surface area (Å²) in [6.07, 6.45) is -0.785. The number of hydrogen-bond donors (Lipinski definition) is 3. The Kier molecular flexibility index (Phi) is 2.88. The molecule has 1 aromatic rings. The second-order valence-electron chi connectivity index (χ2n) is 5.16. The summed E-state index contributed by atoms with van der Waals surface area (Å²) >= 11 is 0. The number of ether oxygens (including phenoxy) is 1. The molecule has 4 N–H and O–H groups in total. The van der Waals surface area contributed by atoms with Crippen LogP contribution in [0.5, 0.6) is 17.2 Å². The Hall–Kier alpha value is -2.24. The van der Waals surface area contributed by atoms with Crippen molar-refractivity contribution >= 4 is 11.7 Å². The number of rotatable bonds is 2. The van der Waals surface area contributed by atoms with Gasteiger partial charge in [-0.3, -0.25) is 9.59 Å². The van der Waals surface area contributed by atoms with Crippen LogP contribution in [0.25, 0.3) is 0 Å². The Balaban J connectivity index is 2.45. The lowest BCUT2D eigenvalue weighted by atomic mass is 9.81. The number of benzene rings is 1. The molecule has 1 amide bonds. The molecular formula is C13H15NO5. The zero-order valence-electron chi connectivity index (χ0n) is 10.6. The van der Waals surface area contributed by atoms with Crippen LogP contribution < -0.4 is 10.5 Å². The lowest BCUT2D eigenvalue weighted by Gasteiger charge is -2.35. The van der Waals surface area contributed by atoms with Crippen molar-refractivity contribution in [3.8, 4) is 17.2 Å².